The number of nitrogens with one attached hydrogen (secondary N) is 1. The molecule has 11 nitrogen and oxygen atoms in total. The number of anilines is 3. The number of sulfonamides is 1. The van der Waals surface area contributed by atoms with Gasteiger partial charge in [-0.15, -0.1) is 0 Å². The molecule has 0 fully saturated rings. The van der Waals surface area contributed by atoms with Crippen LogP contribution in [-0.2, 0) is 21.4 Å². The third-order valence-electron chi connectivity index (χ3n) is 4.32. The van der Waals surface area contributed by atoms with Crippen molar-refractivity contribution in [1.82, 2.24) is 9.78 Å². The predicted octanol–water partition coefficient (Wildman–Crippen LogP) is 2.24. The molecule has 12 heteroatoms. The number of nitrogens with zero attached hydrogens (tertiary/aromatic N) is 4. The van der Waals surface area contributed by atoms with E-state index < -0.39 is 26.5 Å². The number of benzene rings is 2. The lowest BCUT2D eigenvalue weighted by molar-refractivity contribution is -0.384. The monoisotopic (exact) mass is 444 g/mol. The molecule has 2 aromatic carbocycles. The Morgan fingerprint density at radius 1 is 1.26 bits per heavy atom. The average molecular weight is 444 g/mol. The quantitative estimate of drug-likeness (QED) is 0.379. The highest BCUT2D eigenvalue weighted by molar-refractivity contribution is 7.92. The Hall–Kier alpha value is -3.93. The van der Waals surface area contributed by atoms with Crippen molar-refractivity contribution in [2.45, 2.75) is 18.4 Å². The minimum atomic E-state index is -4.03. The average Bonchev–Trinajstić information content (AvgIpc) is 3.15. The second-order valence-corrected chi connectivity index (χ2v) is 8.32. The zero-order valence-electron chi connectivity index (χ0n) is 16.5. The zero-order chi connectivity index (χ0) is 22.6. The Morgan fingerprint density at radius 2 is 1.97 bits per heavy atom. The maximum absolute atomic E-state index is 13.1. The van der Waals surface area contributed by atoms with Gasteiger partial charge in [-0.05, 0) is 31.2 Å². The van der Waals surface area contributed by atoms with Crippen molar-refractivity contribution in [3.63, 3.8) is 0 Å². The molecule has 162 valence electrons. The van der Waals surface area contributed by atoms with Crippen LogP contribution >= 0.6 is 0 Å². The van der Waals surface area contributed by atoms with Gasteiger partial charge >= 0.3 is 0 Å². The van der Waals surface area contributed by atoms with E-state index in [1.54, 1.807) is 37.3 Å². The van der Waals surface area contributed by atoms with E-state index in [0.29, 0.717) is 11.4 Å². The van der Waals surface area contributed by atoms with Crippen molar-refractivity contribution < 1.29 is 18.1 Å². The molecular weight excluding hydrogens is 424 g/mol. The van der Waals surface area contributed by atoms with Gasteiger partial charge in [0.2, 0.25) is 5.91 Å². The Bertz CT molecular complexity index is 1210. The summed E-state index contributed by atoms with van der Waals surface area (Å²) < 4.78 is 28.7. The van der Waals surface area contributed by atoms with Crippen LogP contribution in [0, 0.1) is 10.1 Å². The third kappa shape index (κ3) is 4.80. The summed E-state index contributed by atoms with van der Waals surface area (Å²) in [6, 6.07) is 12.1. The first-order valence-corrected chi connectivity index (χ1v) is 10.6. The van der Waals surface area contributed by atoms with Crippen molar-refractivity contribution in [1.29, 1.82) is 0 Å². The molecule has 1 heterocycles. The molecule has 1 aromatic heterocycles. The number of hydrogen-bond donors (Lipinski definition) is 2. The fraction of sp³-hybridized carbons (Fsp3) is 0.158. The maximum Gasteiger partial charge on any atom is 0.294 e. The second kappa shape index (κ2) is 8.83. The van der Waals surface area contributed by atoms with Gasteiger partial charge in [0.15, 0.2) is 0 Å². The normalized spacial score (nSPS) is 11.1. The Morgan fingerprint density at radius 3 is 2.58 bits per heavy atom. The van der Waals surface area contributed by atoms with Gasteiger partial charge < -0.3 is 11.1 Å². The number of carbonyl (C=O) groups excluding carboxylic acids is 1. The summed E-state index contributed by atoms with van der Waals surface area (Å²) in [5.74, 6) is -0.589. The topological polar surface area (TPSA) is 153 Å². The highest BCUT2D eigenvalue weighted by Crippen LogP contribution is 2.32. The lowest BCUT2D eigenvalue weighted by Gasteiger charge is -2.23. The molecule has 0 aliphatic heterocycles. The Labute approximate surface area is 178 Å². The van der Waals surface area contributed by atoms with Gasteiger partial charge in [-0.25, -0.2) is 8.42 Å². The highest BCUT2D eigenvalue weighted by atomic mass is 32.2. The van der Waals surface area contributed by atoms with Crippen LogP contribution in [0.1, 0.15) is 6.92 Å². The van der Waals surface area contributed by atoms with Crippen molar-refractivity contribution in [3.8, 4) is 0 Å². The SMILES string of the molecule is CCN(c1ccccc1)S(=O)(=O)c1ccc(Nc2cnn(CC(N)=O)c2)c([N+](=O)[O-])c1. The molecule has 0 aliphatic rings. The van der Waals surface area contributed by atoms with Crippen LogP contribution in [0.15, 0.2) is 65.8 Å². The maximum atomic E-state index is 13.1. The predicted molar refractivity (Wildman–Crippen MR) is 114 cm³/mol. The Balaban J connectivity index is 1.95. The molecular formula is C19H20N6O5S. The number of nitrogens with two attached hydrogens (primary N) is 1. The number of hydrogen-bond acceptors (Lipinski definition) is 7. The summed E-state index contributed by atoms with van der Waals surface area (Å²) in [6.45, 7) is 1.69. The number of rotatable bonds is 9. The zero-order valence-corrected chi connectivity index (χ0v) is 17.3. The molecule has 0 saturated carbocycles. The number of nitro benzene ring substituents is 1. The van der Waals surface area contributed by atoms with Crippen molar-refractivity contribution >= 4 is 38.7 Å². The van der Waals surface area contributed by atoms with Crippen LogP contribution in [0.3, 0.4) is 0 Å². The van der Waals surface area contributed by atoms with Gasteiger partial charge in [0.05, 0.1) is 27.4 Å². The number of amides is 1. The van der Waals surface area contributed by atoms with Crippen LogP contribution in [-0.4, -0.2) is 35.6 Å². The van der Waals surface area contributed by atoms with E-state index in [-0.39, 0.29) is 23.7 Å². The molecule has 31 heavy (non-hydrogen) atoms. The number of aromatic nitrogens is 2. The molecule has 0 radical (unpaired) electrons. The van der Waals surface area contributed by atoms with Gasteiger partial charge in [-0.3, -0.25) is 23.9 Å². The summed E-state index contributed by atoms with van der Waals surface area (Å²) in [5, 5.41) is 18.4. The summed E-state index contributed by atoms with van der Waals surface area (Å²) in [6.07, 6.45) is 2.82. The van der Waals surface area contributed by atoms with Crippen LogP contribution in [0.25, 0.3) is 0 Å². The van der Waals surface area contributed by atoms with E-state index in [1.807, 2.05) is 0 Å². The molecule has 3 aromatic rings. The number of nitro groups is 1. The van der Waals surface area contributed by atoms with Gasteiger partial charge in [0.1, 0.15) is 12.2 Å². The lowest BCUT2D eigenvalue weighted by Crippen LogP contribution is -2.30. The molecule has 1 amide bonds. The lowest BCUT2D eigenvalue weighted by atomic mass is 10.2. The second-order valence-electron chi connectivity index (χ2n) is 6.46. The summed E-state index contributed by atoms with van der Waals surface area (Å²) >= 11 is 0. The standard InChI is InChI=1S/C19H20N6O5S/c1-2-24(15-6-4-3-5-7-15)31(29,30)16-8-9-17(18(10-16)25(27)28)22-14-11-21-23(12-14)13-19(20)26/h3-12,22H,2,13H2,1H3,(H2,20,26). The highest BCUT2D eigenvalue weighted by Gasteiger charge is 2.27. The number of para-hydroxylation sites is 1. The number of primary amides is 1. The molecule has 0 bridgehead atoms. The Kier molecular flexibility index (Phi) is 6.20. The van der Waals surface area contributed by atoms with Crippen LogP contribution in [0.2, 0.25) is 0 Å². The van der Waals surface area contributed by atoms with E-state index in [1.165, 1.54) is 33.5 Å². The molecule has 0 atom stereocenters. The number of carbonyl (C=O) groups is 1. The fourth-order valence-electron chi connectivity index (χ4n) is 2.97. The van der Waals surface area contributed by atoms with Crippen LogP contribution < -0.4 is 15.4 Å². The molecule has 0 saturated heterocycles. The summed E-state index contributed by atoms with van der Waals surface area (Å²) in [4.78, 5) is 21.7. The van der Waals surface area contributed by atoms with Crippen molar-refractivity contribution in [2.24, 2.45) is 5.73 Å². The van der Waals surface area contributed by atoms with Crippen molar-refractivity contribution in [3.05, 3.63) is 71.0 Å². The summed E-state index contributed by atoms with van der Waals surface area (Å²) in [5.41, 5.74) is 5.60. The molecule has 0 aliphatic carbocycles. The van der Waals surface area contributed by atoms with E-state index in [4.69, 9.17) is 5.73 Å². The molecule has 0 unspecified atom stereocenters. The van der Waals surface area contributed by atoms with Gasteiger partial charge in [-0.2, -0.15) is 5.10 Å². The van der Waals surface area contributed by atoms with E-state index in [2.05, 4.69) is 10.4 Å². The first-order valence-electron chi connectivity index (χ1n) is 9.16. The van der Waals surface area contributed by atoms with Gasteiger partial charge in [-0.1, -0.05) is 18.2 Å². The first-order chi connectivity index (χ1) is 14.7. The summed E-state index contributed by atoms with van der Waals surface area (Å²) in [7, 11) is -4.03. The molecule has 0 spiro atoms. The van der Waals surface area contributed by atoms with Crippen LogP contribution in [0.4, 0.5) is 22.7 Å². The molecule has 3 rings (SSSR count). The van der Waals surface area contributed by atoms with Crippen molar-refractivity contribution in [2.75, 3.05) is 16.2 Å². The van der Waals surface area contributed by atoms with E-state index >= 15 is 0 Å². The van der Waals surface area contributed by atoms with Gasteiger partial charge in [0, 0.05) is 18.8 Å². The van der Waals surface area contributed by atoms with Gasteiger partial charge in [0.25, 0.3) is 15.7 Å². The minimum absolute atomic E-state index is 0.0744. The van der Waals surface area contributed by atoms with E-state index in [0.717, 1.165) is 6.07 Å². The molecule has 3 N–H and O–H groups in total. The largest absolute Gasteiger partial charge is 0.368 e. The third-order valence-corrected chi connectivity index (χ3v) is 6.21. The first kappa shape index (κ1) is 21.8. The fourth-order valence-corrected chi connectivity index (χ4v) is 4.47. The smallest absolute Gasteiger partial charge is 0.294 e. The minimum Gasteiger partial charge on any atom is -0.368 e. The van der Waals surface area contributed by atoms with Crippen LogP contribution in [0.5, 0.6) is 0 Å². The van der Waals surface area contributed by atoms with E-state index in [9.17, 15) is 23.3 Å².